The summed E-state index contributed by atoms with van der Waals surface area (Å²) in [5.41, 5.74) is 6.74. The van der Waals surface area contributed by atoms with Gasteiger partial charge in [0.05, 0.1) is 31.0 Å². The largest absolute Gasteiger partial charge is 0.445 e. The number of rotatable bonds is 15. The number of halogens is 5. The molecule has 3 N–H and O–H groups in total. The highest BCUT2D eigenvalue weighted by Crippen LogP contribution is 2.30. The van der Waals surface area contributed by atoms with Crippen LogP contribution in [0.3, 0.4) is 0 Å². The van der Waals surface area contributed by atoms with Crippen LogP contribution in [-0.4, -0.2) is 53.5 Å². The molecule has 0 aliphatic heterocycles. The molecule has 1 heterocycles. The van der Waals surface area contributed by atoms with E-state index in [4.69, 9.17) is 14.9 Å². The van der Waals surface area contributed by atoms with Gasteiger partial charge >= 0.3 is 6.18 Å². The molecule has 3 aromatic carbocycles. The molecule has 0 bridgehead atoms. The highest BCUT2D eigenvalue weighted by atomic mass is 19.4. The molecule has 0 radical (unpaired) electrons. The number of nitrogens with zero attached hydrogens (tertiary/aromatic N) is 2. The number of alkyl halides is 3. The van der Waals surface area contributed by atoms with E-state index < -0.39 is 41.4 Å². The van der Waals surface area contributed by atoms with Gasteiger partial charge in [-0.15, -0.1) is 0 Å². The van der Waals surface area contributed by atoms with Gasteiger partial charge in [-0.05, 0) is 72.9 Å². The molecule has 4 rings (SSSR count). The van der Waals surface area contributed by atoms with Crippen LogP contribution in [0.5, 0.6) is 0 Å². The summed E-state index contributed by atoms with van der Waals surface area (Å²) in [5.74, 6) is -2.40. The fraction of sp³-hybridized carbons (Fsp3) is 0.343. The van der Waals surface area contributed by atoms with Gasteiger partial charge in [-0.25, -0.2) is 13.8 Å². The fourth-order valence-corrected chi connectivity index (χ4v) is 5.22. The number of oxazole rings is 1. The molecule has 8 nitrogen and oxygen atoms in total. The third kappa shape index (κ3) is 9.94. The number of aromatic nitrogens is 1. The lowest BCUT2D eigenvalue weighted by atomic mass is 9.98. The normalized spacial score (nSPS) is 12.8. The molecule has 0 saturated carbocycles. The summed E-state index contributed by atoms with van der Waals surface area (Å²) in [4.78, 5) is 33.2. The van der Waals surface area contributed by atoms with Crippen LogP contribution in [-0.2, 0) is 23.9 Å². The maximum absolute atomic E-state index is 14.1. The van der Waals surface area contributed by atoms with E-state index in [0.717, 1.165) is 37.1 Å². The van der Waals surface area contributed by atoms with Crippen LogP contribution in [0.2, 0.25) is 0 Å². The molecule has 48 heavy (non-hydrogen) atoms. The van der Waals surface area contributed by atoms with Crippen LogP contribution in [0, 0.1) is 11.6 Å². The van der Waals surface area contributed by atoms with Crippen LogP contribution in [0.4, 0.5) is 22.0 Å². The Labute approximate surface area is 275 Å². The highest BCUT2D eigenvalue weighted by molar-refractivity contribution is 6.01. The Hall–Kier alpha value is -4.62. The van der Waals surface area contributed by atoms with Crippen molar-refractivity contribution in [2.45, 2.75) is 58.0 Å². The summed E-state index contributed by atoms with van der Waals surface area (Å²) >= 11 is 0. The number of carbonyl (C=O) groups excluding carboxylic acids is 2. The third-order valence-corrected chi connectivity index (χ3v) is 7.44. The van der Waals surface area contributed by atoms with Crippen molar-refractivity contribution in [1.29, 1.82) is 0 Å². The quantitative estimate of drug-likeness (QED) is 0.135. The maximum Gasteiger partial charge on any atom is 0.416 e. The minimum Gasteiger partial charge on any atom is -0.445 e. The summed E-state index contributed by atoms with van der Waals surface area (Å²) in [5, 5.41) is 2.80. The minimum absolute atomic E-state index is 0.0782. The zero-order valence-corrected chi connectivity index (χ0v) is 26.5. The SMILES string of the molecule is CCCN(CCC)C(=O)c1cc(C(=O)N[C@@H](Cc2cc(F)cc(F)c2)C(N)COCc2cccc(C(F)(F)F)c2)cc(-c2ncco2)c1. The van der Waals surface area contributed by atoms with Crippen LogP contribution < -0.4 is 11.1 Å². The van der Waals surface area contributed by atoms with Gasteiger partial charge in [0.25, 0.3) is 11.8 Å². The van der Waals surface area contributed by atoms with Crippen molar-refractivity contribution in [1.82, 2.24) is 15.2 Å². The predicted molar refractivity (Wildman–Crippen MR) is 169 cm³/mol. The van der Waals surface area contributed by atoms with E-state index in [1.165, 1.54) is 36.7 Å². The van der Waals surface area contributed by atoms with E-state index in [0.29, 0.717) is 24.7 Å². The van der Waals surface area contributed by atoms with Gasteiger partial charge in [0, 0.05) is 41.9 Å². The van der Waals surface area contributed by atoms with Gasteiger partial charge in [-0.3, -0.25) is 9.59 Å². The zero-order chi connectivity index (χ0) is 34.8. The number of amides is 2. The van der Waals surface area contributed by atoms with Crippen molar-refractivity contribution in [3.63, 3.8) is 0 Å². The number of benzene rings is 3. The second-order valence-corrected chi connectivity index (χ2v) is 11.4. The van der Waals surface area contributed by atoms with Gasteiger partial charge in [0.1, 0.15) is 17.9 Å². The summed E-state index contributed by atoms with van der Waals surface area (Å²) in [6.45, 7) is 4.51. The molecule has 0 aliphatic carbocycles. The number of hydrogen-bond donors (Lipinski definition) is 2. The monoisotopic (exact) mass is 672 g/mol. The van der Waals surface area contributed by atoms with Crippen molar-refractivity contribution in [2.24, 2.45) is 5.73 Å². The first-order valence-corrected chi connectivity index (χ1v) is 15.5. The Balaban J connectivity index is 1.60. The van der Waals surface area contributed by atoms with Crippen LogP contribution in [0.1, 0.15) is 64.1 Å². The summed E-state index contributed by atoms with van der Waals surface area (Å²) in [7, 11) is 0. The Bertz CT molecular complexity index is 1650. The zero-order valence-electron chi connectivity index (χ0n) is 26.5. The maximum atomic E-state index is 14.1. The number of ether oxygens (including phenoxy) is 1. The standard InChI is InChI=1S/C35H37F5N4O4/c1-3-9-44(10-4-2)34(46)26-17-24(16-25(18-26)33-42-8-11-48-33)32(45)43-31(15-23-13-28(36)19-29(37)14-23)30(41)21-47-20-22-6-5-7-27(12-22)35(38,39)40/h5-8,11-14,16-19,30-31H,3-4,9-10,15,20-21,41H2,1-2H3,(H,43,45)/t30?,31-/m0/s1. The van der Waals surface area contributed by atoms with Crippen LogP contribution in [0.25, 0.3) is 11.5 Å². The smallest absolute Gasteiger partial charge is 0.416 e. The average Bonchev–Trinajstić information content (AvgIpc) is 3.58. The molecule has 0 spiro atoms. The Morgan fingerprint density at radius 3 is 2.27 bits per heavy atom. The Morgan fingerprint density at radius 2 is 1.65 bits per heavy atom. The number of nitrogens with two attached hydrogens (primary N) is 1. The molecule has 0 saturated heterocycles. The van der Waals surface area contributed by atoms with Gasteiger partial charge in [-0.1, -0.05) is 26.0 Å². The lowest BCUT2D eigenvalue weighted by Gasteiger charge is -2.26. The van der Waals surface area contributed by atoms with E-state index >= 15 is 0 Å². The van der Waals surface area contributed by atoms with Crippen molar-refractivity contribution >= 4 is 11.8 Å². The van der Waals surface area contributed by atoms with Crippen LogP contribution in [0.15, 0.2) is 77.5 Å². The first-order valence-electron chi connectivity index (χ1n) is 15.5. The summed E-state index contributed by atoms with van der Waals surface area (Å²) in [6.07, 6.45) is -0.391. The Kier molecular flexibility index (Phi) is 12.4. The highest BCUT2D eigenvalue weighted by Gasteiger charge is 2.30. The van der Waals surface area contributed by atoms with Gasteiger partial charge in [0.2, 0.25) is 5.89 Å². The number of carbonyl (C=O) groups is 2. The first kappa shape index (κ1) is 36.2. The molecule has 1 aromatic heterocycles. The van der Waals surface area contributed by atoms with Crippen LogP contribution >= 0.6 is 0 Å². The fourth-order valence-electron chi connectivity index (χ4n) is 5.22. The molecule has 13 heteroatoms. The van der Waals surface area contributed by atoms with E-state index in [9.17, 15) is 31.5 Å². The lowest BCUT2D eigenvalue weighted by Crippen LogP contribution is -2.51. The van der Waals surface area contributed by atoms with Crippen molar-refractivity contribution in [3.8, 4) is 11.5 Å². The first-order chi connectivity index (χ1) is 22.9. The van der Waals surface area contributed by atoms with Gasteiger partial charge in [-0.2, -0.15) is 13.2 Å². The van der Waals surface area contributed by atoms with Crippen molar-refractivity contribution in [3.05, 3.63) is 113 Å². The lowest BCUT2D eigenvalue weighted by molar-refractivity contribution is -0.137. The molecule has 0 aliphatic rings. The molecule has 256 valence electrons. The van der Waals surface area contributed by atoms with E-state index in [1.807, 2.05) is 13.8 Å². The molecular formula is C35H37F5N4O4. The second-order valence-electron chi connectivity index (χ2n) is 11.4. The van der Waals surface area contributed by atoms with Crippen molar-refractivity contribution in [2.75, 3.05) is 19.7 Å². The molecule has 1 unspecified atom stereocenters. The number of nitrogens with one attached hydrogen (secondary N) is 1. The van der Waals surface area contributed by atoms with E-state index in [2.05, 4.69) is 10.3 Å². The predicted octanol–water partition coefficient (Wildman–Crippen LogP) is 6.79. The third-order valence-electron chi connectivity index (χ3n) is 7.44. The number of hydrogen-bond acceptors (Lipinski definition) is 6. The average molecular weight is 673 g/mol. The van der Waals surface area contributed by atoms with Crippen molar-refractivity contribution < 1.29 is 40.7 Å². The van der Waals surface area contributed by atoms with Gasteiger partial charge in [0.15, 0.2) is 0 Å². The molecule has 2 amide bonds. The topological polar surface area (TPSA) is 111 Å². The molecule has 0 fully saturated rings. The van der Waals surface area contributed by atoms with Gasteiger partial charge < -0.3 is 25.1 Å². The van der Waals surface area contributed by atoms with E-state index in [1.54, 1.807) is 11.0 Å². The minimum atomic E-state index is -4.53. The molecular weight excluding hydrogens is 635 g/mol. The molecule has 4 aromatic rings. The second kappa shape index (κ2) is 16.5. The summed E-state index contributed by atoms with van der Waals surface area (Å²) in [6, 6.07) is 10.2. The Morgan fingerprint density at radius 1 is 0.958 bits per heavy atom. The summed E-state index contributed by atoms with van der Waals surface area (Å²) < 4.78 is 78.7. The molecule has 2 atom stereocenters. The van der Waals surface area contributed by atoms with E-state index in [-0.39, 0.29) is 53.7 Å².